The van der Waals surface area contributed by atoms with Gasteiger partial charge in [-0.05, 0) is 43.7 Å². The van der Waals surface area contributed by atoms with Gasteiger partial charge in [-0.2, -0.15) is 0 Å². The summed E-state index contributed by atoms with van der Waals surface area (Å²) in [5, 5.41) is 3.10. The van der Waals surface area contributed by atoms with Gasteiger partial charge in [0.15, 0.2) is 0 Å². The van der Waals surface area contributed by atoms with Crippen LogP contribution in [0.3, 0.4) is 0 Å². The molecule has 1 aliphatic carbocycles. The van der Waals surface area contributed by atoms with Crippen molar-refractivity contribution in [2.45, 2.75) is 38.0 Å². The van der Waals surface area contributed by atoms with Crippen LogP contribution in [0, 0.1) is 5.92 Å². The fourth-order valence-electron chi connectivity index (χ4n) is 3.88. The van der Waals surface area contributed by atoms with Crippen molar-refractivity contribution in [1.29, 1.82) is 0 Å². The standard InChI is InChI=1S/C22H28N4O2/c1-28-20-5-3-2-4-17(20)8-11-23-22(27)18-9-12-26(13-10-18)21-14-19(16-6-7-16)24-15-25-21/h2-5,14-16,18H,6-13H2,1H3,(H,23,27). The lowest BCUT2D eigenvalue weighted by molar-refractivity contribution is -0.125. The van der Waals surface area contributed by atoms with Gasteiger partial charge in [0.25, 0.3) is 0 Å². The molecular weight excluding hydrogens is 352 g/mol. The van der Waals surface area contributed by atoms with Gasteiger partial charge in [-0.15, -0.1) is 0 Å². The molecular formula is C22H28N4O2. The van der Waals surface area contributed by atoms with Gasteiger partial charge < -0.3 is 15.0 Å². The number of hydrogen-bond donors (Lipinski definition) is 1. The summed E-state index contributed by atoms with van der Waals surface area (Å²) in [7, 11) is 1.68. The van der Waals surface area contributed by atoms with Crippen molar-refractivity contribution in [1.82, 2.24) is 15.3 Å². The maximum absolute atomic E-state index is 12.6. The predicted octanol–water partition coefficient (Wildman–Crippen LogP) is 2.94. The van der Waals surface area contributed by atoms with Crippen LogP contribution in [0.25, 0.3) is 0 Å². The van der Waals surface area contributed by atoms with E-state index in [-0.39, 0.29) is 11.8 Å². The number of anilines is 1. The van der Waals surface area contributed by atoms with E-state index in [9.17, 15) is 4.79 Å². The van der Waals surface area contributed by atoms with Crippen LogP contribution in [0.4, 0.5) is 5.82 Å². The fourth-order valence-corrected chi connectivity index (χ4v) is 3.88. The highest BCUT2D eigenvalue weighted by atomic mass is 16.5. The normalized spacial score (nSPS) is 17.4. The number of ether oxygens (including phenoxy) is 1. The Morgan fingerprint density at radius 2 is 1.96 bits per heavy atom. The van der Waals surface area contributed by atoms with Crippen LogP contribution in [-0.2, 0) is 11.2 Å². The van der Waals surface area contributed by atoms with Gasteiger partial charge in [0.2, 0.25) is 5.91 Å². The Kier molecular flexibility index (Phi) is 5.74. The van der Waals surface area contributed by atoms with E-state index in [2.05, 4.69) is 26.3 Å². The molecule has 4 rings (SSSR count). The molecule has 0 unspecified atom stereocenters. The fraction of sp³-hybridized carbons (Fsp3) is 0.500. The average molecular weight is 380 g/mol. The Labute approximate surface area is 166 Å². The molecule has 2 aromatic rings. The Balaban J connectivity index is 1.24. The lowest BCUT2D eigenvalue weighted by Gasteiger charge is -2.32. The molecule has 2 fully saturated rings. The third-order valence-electron chi connectivity index (χ3n) is 5.75. The van der Waals surface area contributed by atoms with E-state index in [1.807, 2.05) is 24.3 Å². The topological polar surface area (TPSA) is 67.3 Å². The zero-order valence-electron chi connectivity index (χ0n) is 16.4. The molecule has 1 aromatic carbocycles. The minimum absolute atomic E-state index is 0.0821. The first-order valence-electron chi connectivity index (χ1n) is 10.2. The van der Waals surface area contributed by atoms with Crippen molar-refractivity contribution in [2.75, 3.05) is 31.6 Å². The summed E-state index contributed by atoms with van der Waals surface area (Å²) in [5.41, 5.74) is 2.29. The van der Waals surface area contributed by atoms with E-state index < -0.39 is 0 Å². The number of nitrogens with one attached hydrogen (secondary N) is 1. The van der Waals surface area contributed by atoms with E-state index >= 15 is 0 Å². The van der Waals surface area contributed by atoms with Crippen molar-refractivity contribution in [3.05, 3.63) is 47.9 Å². The number of para-hydroxylation sites is 1. The quantitative estimate of drug-likeness (QED) is 0.800. The number of piperidine rings is 1. The van der Waals surface area contributed by atoms with Crippen molar-refractivity contribution >= 4 is 11.7 Å². The molecule has 0 radical (unpaired) electrons. The summed E-state index contributed by atoms with van der Waals surface area (Å²) >= 11 is 0. The molecule has 1 aromatic heterocycles. The molecule has 1 amide bonds. The van der Waals surface area contributed by atoms with Crippen LogP contribution in [0.1, 0.15) is 42.9 Å². The van der Waals surface area contributed by atoms with E-state index in [1.54, 1.807) is 13.4 Å². The second-order valence-electron chi connectivity index (χ2n) is 7.69. The minimum Gasteiger partial charge on any atom is -0.496 e. The zero-order chi connectivity index (χ0) is 19.3. The highest BCUT2D eigenvalue weighted by Gasteiger charge is 2.28. The number of rotatable bonds is 7. The van der Waals surface area contributed by atoms with E-state index in [0.29, 0.717) is 12.5 Å². The predicted molar refractivity (Wildman–Crippen MR) is 109 cm³/mol. The van der Waals surface area contributed by atoms with E-state index in [0.717, 1.165) is 49.5 Å². The molecule has 6 heteroatoms. The second-order valence-corrected chi connectivity index (χ2v) is 7.69. The van der Waals surface area contributed by atoms with Crippen LogP contribution >= 0.6 is 0 Å². The Bertz CT molecular complexity index is 814. The van der Waals surface area contributed by atoms with Crippen LogP contribution in [0.5, 0.6) is 5.75 Å². The maximum Gasteiger partial charge on any atom is 0.223 e. The molecule has 0 spiro atoms. The summed E-state index contributed by atoms with van der Waals surface area (Å²) in [4.78, 5) is 23.7. The molecule has 1 saturated heterocycles. The first kappa shape index (κ1) is 18.7. The van der Waals surface area contributed by atoms with Gasteiger partial charge >= 0.3 is 0 Å². The van der Waals surface area contributed by atoms with Gasteiger partial charge in [0, 0.05) is 43.2 Å². The van der Waals surface area contributed by atoms with Crippen molar-refractivity contribution in [3.8, 4) is 5.75 Å². The van der Waals surface area contributed by atoms with E-state index in [1.165, 1.54) is 18.5 Å². The zero-order valence-corrected chi connectivity index (χ0v) is 16.4. The number of carbonyl (C=O) groups is 1. The molecule has 0 atom stereocenters. The van der Waals surface area contributed by atoms with Gasteiger partial charge in [-0.3, -0.25) is 4.79 Å². The number of aromatic nitrogens is 2. The number of carbonyl (C=O) groups excluding carboxylic acids is 1. The van der Waals surface area contributed by atoms with Crippen molar-refractivity contribution in [2.24, 2.45) is 5.92 Å². The molecule has 1 saturated carbocycles. The number of methoxy groups -OCH3 is 1. The molecule has 0 bridgehead atoms. The highest BCUT2D eigenvalue weighted by Crippen LogP contribution is 2.39. The summed E-state index contributed by atoms with van der Waals surface area (Å²) < 4.78 is 5.37. The van der Waals surface area contributed by atoms with Crippen LogP contribution in [0.15, 0.2) is 36.7 Å². The molecule has 6 nitrogen and oxygen atoms in total. The molecule has 1 N–H and O–H groups in total. The van der Waals surface area contributed by atoms with Crippen LogP contribution < -0.4 is 15.0 Å². The van der Waals surface area contributed by atoms with Gasteiger partial charge in [0.1, 0.15) is 17.9 Å². The average Bonchev–Trinajstić information content (AvgIpc) is 3.60. The third-order valence-corrected chi connectivity index (χ3v) is 5.75. The SMILES string of the molecule is COc1ccccc1CCNC(=O)C1CCN(c2cc(C3CC3)ncn2)CC1. The van der Waals surface area contributed by atoms with Crippen LogP contribution in [-0.4, -0.2) is 42.6 Å². The number of nitrogens with zero attached hydrogens (tertiary/aromatic N) is 3. The lowest BCUT2D eigenvalue weighted by Crippen LogP contribution is -2.41. The highest BCUT2D eigenvalue weighted by molar-refractivity contribution is 5.79. The van der Waals surface area contributed by atoms with Gasteiger partial charge in [-0.25, -0.2) is 9.97 Å². The smallest absolute Gasteiger partial charge is 0.223 e. The largest absolute Gasteiger partial charge is 0.496 e. The van der Waals surface area contributed by atoms with Gasteiger partial charge in [-0.1, -0.05) is 18.2 Å². The molecule has 28 heavy (non-hydrogen) atoms. The second kappa shape index (κ2) is 8.59. The van der Waals surface area contributed by atoms with Gasteiger partial charge in [0.05, 0.1) is 7.11 Å². The summed E-state index contributed by atoms with van der Waals surface area (Å²) in [6.07, 6.45) is 6.67. The minimum atomic E-state index is 0.0821. The molecule has 148 valence electrons. The maximum atomic E-state index is 12.6. The Hall–Kier alpha value is -2.63. The third kappa shape index (κ3) is 4.43. The first-order chi connectivity index (χ1) is 13.7. The summed E-state index contributed by atoms with van der Waals surface area (Å²) in [6.45, 7) is 2.37. The van der Waals surface area contributed by atoms with E-state index in [4.69, 9.17) is 4.74 Å². The Morgan fingerprint density at radius 3 is 2.71 bits per heavy atom. The van der Waals surface area contributed by atoms with Crippen molar-refractivity contribution in [3.63, 3.8) is 0 Å². The molecule has 2 aliphatic rings. The number of amides is 1. The van der Waals surface area contributed by atoms with Crippen LogP contribution in [0.2, 0.25) is 0 Å². The van der Waals surface area contributed by atoms with Crippen molar-refractivity contribution < 1.29 is 9.53 Å². The molecule has 1 aliphatic heterocycles. The lowest BCUT2D eigenvalue weighted by atomic mass is 9.95. The summed E-state index contributed by atoms with van der Waals surface area (Å²) in [6, 6.07) is 10.1. The number of benzene rings is 1. The first-order valence-corrected chi connectivity index (χ1v) is 10.2. The Morgan fingerprint density at radius 1 is 1.18 bits per heavy atom. The molecule has 2 heterocycles. The summed E-state index contributed by atoms with van der Waals surface area (Å²) in [5.74, 6) is 2.76. The monoisotopic (exact) mass is 380 g/mol. The number of hydrogen-bond acceptors (Lipinski definition) is 5.